The van der Waals surface area contributed by atoms with Crippen LogP contribution in [-0.4, -0.2) is 18.0 Å². The molecule has 1 heterocycles. The summed E-state index contributed by atoms with van der Waals surface area (Å²) in [5.74, 6) is 0.362. The van der Waals surface area contributed by atoms with Crippen molar-refractivity contribution in [1.82, 2.24) is 10.4 Å². The lowest BCUT2D eigenvalue weighted by Crippen LogP contribution is -2.29. The summed E-state index contributed by atoms with van der Waals surface area (Å²) < 4.78 is 6.78. The first-order valence-corrected chi connectivity index (χ1v) is 8.53. The predicted molar refractivity (Wildman–Crippen MR) is 96.4 cm³/mol. The third-order valence-electron chi connectivity index (χ3n) is 3.08. The number of carbonyl (C=O) groups excluding carboxylic acids is 1. The molecule has 0 saturated carbocycles. The Bertz CT molecular complexity index is 884. The molecule has 1 amide bonds. The molecule has 3 rings (SSSR count). The Morgan fingerprint density at radius 3 is 2.83 bits per heavy atom. The van der Waals surface area contributed by atoms with Crippen LogP contribution in [0.3, 0.4) is 0 Å². The Labute approximate surface area is 149 Å². The predicted octanol–water partition coefficient (Wildman–Crippen LogP) is 4.48. The summed E-state index contributed by atoms with van der Waals surface area (Å²) in [4.78, 5) is 16.6. The first-order valence-electron chi connectivity index (χ1n) is 6.54. The number of benzene rings is 2. The number of thiazole rings is 1. The van der Waals surface area contributed by atoms with E-state index < -0.39 is 0 Å². The second-order valence-electron chi connectivity index (χ2n) is 4.51. The molecule has 0 atom stereocenters. The molecule has 0 spiro atoms. The van der Waals surface area contributed by atoms with Gasteiger partial charge in [0.05, 0.1) is 22.4 Å². The molecular formula is C15H11BrClN3O2S. The molecule has 5 nitrogen and oxygen atoms in total. The minimum absolute atomic E-state index is 0.269. The van der Waals surface area contributed by atoms with E-state index in [1.54, 1.807) is 37.4 Å². The molecule has 8 heteroatoms. The van der Waals surface area contributed by atoms with Gasteiger partial charge in [0.15, 0.2) is 0 Å². The number of nitrogens with zero attached hydrogens (tertiary/aromatic N) is 1. The van der Waals surface area contributed by atoms with Gasteiger partial charge >= 0.3 is 0 Å². The number of ether oxygens (including phenoxy) is 1. The molecule has 23 heavy (non-hydrogen) atoms. The van der Waals surface area contributed by atoms with Gasteiger partial charge in [-0.15, -0.1) is 0 Å². The highest BCUT2D eigenvalue weighted by Crippen LogP contribution is 2.37. The van der Waals surface area contributed by atoms with Gasteiger partial charge in [-0.1, -0.05) is 35.1 Å². The highest BCUT2D eigenvalue weighted by atomic mass is 79.9. The van der Waals surface area contributed by atoms with Crippen LogP contribution in [0.4, 0.5) is 5.13 Å². The highest BCUT2D eigenvalue weighted by Gasteiger charge is 2.13. The molecule has 2 aromatic carbocycles. The van der Waals surface area contributed by atoms with Crippen molar-refractivity contribution in [3.8, 4) is 5.75 Å². The number of hydrogen-bond donors (Lipinski definition) is 2. The van der Waals surface area contributed by atoms with Gasteiger partial charge in [0.25, 0.3) is 5.91 Å². The molecule has 118 valence electrons. The van der Waals surface area contributed by atoms with E-state index in [0.717, 1.165) is 4.70 Å². The fourth-order valence-electron chi connectivity index (χ4n) is 1.99. The lowest BCUT2D eigenvalue weighted by atomic mass is 10.2. The van der Waals surface area contributed by atoms with Crippen molar-refractivity contribution in [3.63, 3.8) is 0 Å². The van der Waals surface area contributed by atoms with E-state index in [4.69, 9.17) is 16.3 Å². The van der Waals surface area contributed by atoms with E-state index in [1.807, 2.05) is 6.07 Å². The summed E-state index contributed by atoms with van der Waals surface area (Å²) in [5.41, 5.74) is 6.61. The molecule has 0 unspecified atom stereocenters. The molecule has 0 saturated heterocycles. The third-order valence-corrected chi connectivity index (χ3v) is 5.20. The van der Waals surface area contributed by atoms with Crippen molar-refractivity contribution in [2.75, 3.05) is 12.5 Å². The first-order chi connectivity index (χ1) is 11.1. The number of aromatic nitrogens is 1. The number of fused-ring (bicyclic) bond motifs is 1. The summed E-state index contributed by atoms with van der Waals surface area (Å²) in [5, 5.41) is 1.11. The monoisotopic (exact) mass is 411 g/mol. The van der Waals surface area contributed by atoms with Crippen LogP contribution in [0.1, 0.15) is 10.4 Å². The summed E-state index contributed by atoms with van der Waals surface area (Å²) >= 11 is 10.9. The van der Waals surface area contributed by atoms with Gasteiger partial charge < -0.3 is 4.74 Å². The van der Waals surface area contributed by atoms with Crippen LogP contribution in [0.5, 0.6) is 5.75 Å². The van der Waals surface area contributed by atoms with E-state index in [2.05, 4.69) is 31.8 Å². The lowest BCUT2D eigenvalue weighted by molar-refractivity contribution is 0.0962. The fourth-order valence-corrected chi connectivity index (χ4v) is 3.57. The molecule has 0 aliphatic rings. The van der Waals surface area contributed by atoms with Crippen LogP contribution in [0.2, 0.25) is 5.02 Å². The van der Waals surface area contributed by atoms with Gasteiger partial charge in [-0.2, -0.15) is 0 Å². The highest BCUT2D eigenvalue weighted by molar-refractivity contribution is 9.10. The van der Waals surface area contributed by atoms with E-state index in [9.17, 15) is 4.79 Å². The number of carbonyl (C=O) groups is 1. The average Bonchev–Trinajstić information content (AvgIpc) is 2.99. The standard InChI is InChI=1S/C15H11BrClN3O2S/c1-22-11-7-6-10(17)13-12(11)18-15(23-13)20-19-14(21)8-4-2-3-5-9(8)16/h2-7H,1H3,(H,18,20)(H,19,21). The number of halogens is 2. The number of hydrogen-bond acceptors (Lipinski definition) is 5. The Morgan fingerprint density at radius 1 is 1.30 bits per heavy atom. The maximum atomic E-state index is 12.2. The average molecular weight is 413 g/mol. The van der Waals surface area contributed by atoms with Crippen molar-refractivity contribution in [3.05, 3.63) is 51.5 Å². The molecule has 0 aliphatic carbocycles. The Morgan fingerprint density at radius 2 is 2.09 bits per heavy atom. The fraction of sp³-hybridized carbons (Fsp3) is 0.0667. The van der Waals surface area contributed by atoms with E-state index in [-0.39, 0.29) is 5.91 Å². The normalized spacial score (nSPS) is 10.6. The van der Waals surface area contributed by atoms with Crippen molar-refractivity contribution >= 4 is 60.1 Å². The maximum absolute atomic E-state index is 12.2. The van der Waals surface area contributed by atoms with Crippen LogP contribution < -0.4 is 15.6 Å². The van der Waals surface area contributed by atoms with Crippen LogP contribution >= 0.6 is 38.9 Å². The number of amides is 1. The number of methoxy groups -OCH3 is 1. The molecule has 2 N–H and O–H groups in total. The Kier molecular flexibility index (Phi) is 4.70. The van der Waals surface area contributed by atoms with Crippen molar-refractivity contribution in [1.29, 1.82) is 0 Å². The minimum Gasteiger partial charge on any atom is -0.494 e. The molecule has 0 fully saturated rings. The summed E-state index contributed by atoms with van der Waals surface area (Å²) in [7, 11) is 1.57. The summed E-state index contributed by atoms with van der Waals surface area (Å²) in [6, 6.07) is 10.7. The van der Waals surface area contributed by atoms with E-state index >= 15 is 0 Å². The van der Waals surface area contributed by atoms with Crippen LogP contribution in [0, 0.1) is 0 Å². The SMILES string of the molecule is COc1ccc(Cl)c2sc(NNC(=O)c3ccccc3Br)nc12. The van der Waals surface area contributed by atoms with Gasteiger partial charge in [-0.25, -0.2) is 4.98 Å². The molecule has 0 aliphatic heterocycles. The third kappa shape index (κ3) is 3.26. The second-order valence-corrected chi connectivity index (χ2v) is 6.77. The largest absolute Gasteiger partial charge is 0.494 e. The van der Waals surface area contributed by atoms with Crippen LogP contribution in [-0.2, 0) is 0 Å². The number of nitrogens with one attached hydrogen (secondary N) is 2. The first kappa shape index (κ1) is 16.0. The van der Waals surface area contributed by atoms with Crippen molar-refractivity contribution in [2.24, 2.45) is 0 Å². The van der Waals surface area contributed by atoms with Crippen LogP contribution in [0.15, 0.2) is 40.9 Å². The van der Waals surface area contributed by atoms with Crippen molar-refractivity contribution < 1.29 is 9.53 Å². The van der Waals surface area contributed by atoms with Gasteiger partial charge in [0.2, 0.25) is 5.13 Å². The minimum atomic E-state index is -0.269. The molecule has 1 aromatic heterocycles. The zero-order valence-electron chi connectivity index (χ0n) is 11.9. The van der Waals surface area contributed by atoms with E-state index in [1.165, 1.54) is 11.3 Å². The van der Waals surface area contributed by atoms with E-state index in [0.29, 0.717) is 31.5 Å². The molecular weight excluding hydrogens is 402 g/mol. The molecule has 0 bridgehead atoms. The lowest BCUT2D eigenvalue weighted by Gasteiger charge is -2.06. The Balaban J connectivity index is 1.81. The second kappa shape index (κ2) is 6.74. The number of anilines is 1. The summed E-state index contributed by atoms with van der Waals surface area (Å²) in [6.45, 7) is 0. The topological polar surface area (TPSA) is 63.2 Å². The quantitative estimate of drug-likeness (QED) is 0.620. The maximum Gasteiger partial charge on any atom is 0.270 e. The van der Waals surface area contributed by atoms with Gasteiger partial charge in [-0.05, 0) is 40.2 Å². The molecule has 3 aromatic rings. The van der Waals surface area contributed by atoms with Gasteiger partial charge in [0, 0.05) is 4.47 Å². The van der Waals surface area contributed by atoms with Crippen molar-refractivity contribution in [2.45, 2.75) is 0 Å². The Hall–Kier alpha value is -1.83. The summed E-state index contributed by atoms with van der Waals surface area (Å²) in [6.07, 6.45) is 0. The zero-order chi connectivity index (χ0) is 16.4. The number of rotatable bonds is 4. The molecule has 0 radical (unpaired) electrons. The van der Waals surface area contributed by atoms with Gasteiger partial charge in [0.1, 0.15) is 11.3 Å². The van der Waals surface area contributed by atoms with Gasteiger partial charge in [-0.3, -0.25) is 15.6 Å². The van der Waals surface area contributed by atoms with Crippen LogP contribution in [0.25, 0.3) is 10.2 Å². The smallest absolute Gasteiger partial charge is 0.270 e. The zero-order valence-corrected chi connectivity index (χ0v) is 15.1. The number of hydrazine groups is 1.